The van der Waals surface area contributed by atoms with Crippen molar-refractivity contribution < 1.29 is 0 Å². The van der Waals surface area contributed by atoms with Crippen LogP contribution in [-0.4, -0.2) is 36.1 Å². The number of likely N-dealkylation sites (N-methyl/N-ethyl adjacent to an activating group) is 1. The highest BCUT2D eigenvalue weighted by Crippen LogP contribution is 2.12. The van der Waals surface area contributed by atoms with Gasteiger partial charge in [0.2, 0.25) is 0 Å². The lowest BCUT2D eigenvalue weighted by Gasteiger charge is -2.31. The second kappa shape index (κ2) is 5.41. The molecule has 88 valence electrons. The Hall–Kier alpha value is -0.930. The minimum absolute atomic E-state index is 0.675. The number of nitrogens with one attached hydrogen (secondary N) is 1. The Morgan fingerprint density at radius 1 is 1.50 bits per heavy atom. The zero-order valence-corrected chi connectivity index (χ0v) is 10.2. The third-order valence-electron chi connectivity index (χ3n) is 3.26. The fraction of sp³-hybridized carbons (Fsp3) is 0.615. The molecule has 2 rings (SSSR count). The number of hydrogen-bond acceptors (Lipinski definition) is 3. The molecule has 1 aromatic rings. The molecule has 1 fully saturated rings. The van der Waals surface area contributed by atoms with Gasteiger partial charge in [0, 0.05) is 31.5 Å². The van der Waals surface area contributed by atoms with Gasteiger partial charge in [0.1, 0.15) is 0 Å². The molecule has 0 aromatic carbocycles. The number of aryl methyl sites for hydroxylation is 1. The molecule has 1 N–H and O–H groups in total. The normalized spacial score (nSPS) is 21.3. The van der Waals surface area contributed by atoms with Crippen molar-refractivity contribution in [2.75, 3.05) is 20.1 Å². The number of piperidine rings is 1. The van der Waals surface area contributed by atoms with E-state index in [9.17, 15) is 0 Å². The minimum Gasteiger partial charge on any atom is -0.315 e. The van der Waals surface area contributed by atoms with Crippen LogP contribution in [0.2, 0.25) is 0 Å². The molecule has 0 spiro atoms. The lowest BCUT2D eigenvalue weighted by Crippen LogP contribution is -2.43. The summed E-state index contributed by atoms with van der Waals surface area (Å²) in [5.41, 5.74) is 2.56. The third kappa shape index (κ3) is 3.03. The zero-order valence-electron chi connectivity index (χ0n) is 10.2. The summed E-state index contributed by atoms with van der Waals surface area (Å²) in [7, 11) is 2.21. The molecule has 1 atom stereocenters. The molecule has 0 amide bonds. The summed E-state index contributed by atoms with van der Waals surface area (Å²) < 4.78 is 0. The van der Waals surface area contributed by atoms with Crippen molar-refractivity contribution in [2.24, 2.45) is 0 Å². The lowest BCUT2D eigenvalue weighted by atomic mass is 10.1. The molecule has 1 saturated heterocycles. The van der Waals surface area contributed by atoms with Crippen molar-refractivity contribution in [2.45, 2.75) is 32.4 Å². The van der Waals surface area contributed by atoms with E-state index in [1.54, 1.807) is 0 Å². The largest absolute Gasteiger partial charge is 0.315 e. The van der Waals surface area contributed by atoms with Gasteiger partial charge < -0.3 is 5.32 Å². The van der Waals surface area contributed by atoms with Crippen molar-refractivity contribution in [3.8, 4) is 0 Å². The van der Waals surface area contributed by atoms with E-state index in [2.05, 4.69) is 35.2 Å². The lowest BCUT2D eigenvalue weighted by molar-refractivity contribution is 0.195. The Morgan fingerprint density at radius 3 is 3.06 bits per heavy atom. The fourth-order valence-corrected chi connectivity index (χ4v) is 2.33. The molecule has 2 heterocycles. The standard InChI is InChI=1S/C13H21N3/c1-11-6-12(8-15-7-11)10-16(2)13-4-3-5-14-9-13/h6-8,13-14H,3-5,9-10H2,1-2H3. The maximum absolute atomic E-state index is 4.24. The van der Waals surface area contributed by atoms with Crippen molar-refractivity contribution in [3.05, 3.63) is 29.6 Å². The molecular weight excluding hydrogens is 198 g/mol. The van der Waals surface area contributed by atoms with Gasteiger partial charge in [-0.25, -0.2) is 0 Å². The predicted octanol–water partition coefficient (Wildman–Crippen LogP) is 1.57. The summed E-state index contributed by atoms with van der Waals surface area (Å²) in [5, 5.41) is 3.46. The van der Waals surface area contributed by atoms with Crippen LogP contribution in [0.25, 0.3) is 0 Å². The second-order valence-corrected chi connectivity index (χ2v) is 4.79. The van der Waals surface area contributed by atoms with E-state index in [-0.39, 0.29) is 0 Å². The van der Waals surface area contributed by atoms with Crippen LogP contribution in [0.15, 0.2) is 18.5 Å². The third-order valence-corrected chi connectivity index (χ3v) is 3.26. The van der Waals surface area contributed by atoms with E-state index < -0.39 is 0 Å². The SMILES string of the molecule is Cc1cncc(CN(C)C2CCCNC2)c1. The predicted molar refractivity (Wildman–Crippen MR) is 66.3 cm³/mol. The van der Waals surface area contributed by atoms with Gasteiger partial charge in [0.25, 0.3) is 0 Å². The summed E-state index contributed by atoms with van der Waals surface area (Å²) in [5.74, 6) is 0. The van der Waals surface area contributed by atoms with Gasteiger partial charge in [-0.1, -0.05) is 6.07 Å². The number of aromatic nitrogens is 1. The second-order valence-electron chi connectivity index (χ2n) is 4.79. The summed E-state index contributed by atoms with van der Waals surface area (Å²) in [6.45, 7) is 5.39. The first-order valence-corrected chi connectivity index (χ1v) is 6.07. The van der Waals surface area contributed by atoms with Crippen LogP contribution in [0.1, 0.15) is 24.0 Å². The van der Waals surface area contributed by atoms with Crippen LogP contribution in [0.5, 0.6) is 0 Å². The first kappa shape index (κ1) is 11.6. The first-order valence-electron chi connectivity index (χ1n) is 6.07. The highest BCUT2D eigenvalue weighted by molar-refractivity contribution is 5.16. The molecule has 0 aliphatic carbocycles. The van der Waals surface area contributed by atoms with E-state index in [0.29, 0.717) is 6.04 Å². The molecule has 0 bridgehead atoms. The van der Waals surface area contributed by atoms with Gasteiger partial charge in [-0.3, -0.25) is 9.88 Å². The summed E-state index contributed by atoms with van der Waals surface area (Å²) in [6, 6.07) is 2.90. The number of pyridine rings is 1. The van der Waals surface area contributed by atoms with Crippen LogP contribution in [0.3, 0.4) is 0 Å². The number of hydrogen-bond donors (Lipinski definition) is 1. The van der Waals surface area contributed by atoms with E-state index in [1.807, 2.05) is 12.4 Å². The van der Waals surface area contributed by atoms with E-state index in [4.69, 9.17) is 0 Å². The van der Waals surface area contributed by atoms with Crippen LogP contribution in [0, 0.1) is 6.92 Å². The Bertz CT molecular complexity index is 332. The molecule has 0 radical (unpaired) electrons. The summed E-state index contributed by atoms with van der Waals surface area (Å²) in [4.78, 5) is 6.67. The van der Waals surface area contributed by atoms with Gasteiger partial charge in [-0.15, -0.1) is 0 Å². The summed E-state index contributed by atoms with van der Waals surface area (Å²) in [6.07, 6.45) is 6.48. The number of nitrogens with zero attached hydrogens (tertiary/aromatic N) is 2. The Morgan fingerprint density at radius 2 is 2.38 bits per heavy atom. The van der Waals surface area contributed by atoms with Crippen molar-refractivity contribution in [3.63, 3.8) is 0 Å². The van der Waals surface area contributed by atoms with E-state index in [0.717, 1.165) is 13.1 Å². The molecule has 16 heavy (non-hydrogen) atoms. The molecule has 1 aliphatic rings. The smallest absolute Gasteiger partial charge is 0.0313 e. The van der Waals surface area contributed by atoms with Gasteiger partial charge in [-0.2, -0.15) is 0 Å². The van der Waals surface area contributed by atoms with Gasteiger partial charge >= 0.3 is 0 Å². The van der Waals surface area contributed by atoms with Crippen LogP contribution >= 0.6 is 0 Å². The average molecular weight is 219 g/mol. The monoisotopic (exact) mass is 219 g/mol. The first-order chi connectivity index (χ1) is 7.75. The van der Waals surface area contributed by atoms with E-state index in [1.165, 1.54) is 30.5 Å². The minimum atomic E-state index is 0.675. The molecule has 0 saturated carbocycles. The van der Waals surface area contributed by atoms with Crippen molar-refractivity contribution in [1.82, 2.24) is 15.2 Å². The molecular formula is C13H21N3. The topological polar surface area (TPSA) is 28.2 Å². The molecule has 1 aromatic heterocycles. The van der Waals surface area contributed by atoms with Gasteiger partial charge in [0.15, 0.2) is 0 Å². The molecule has 1 unspecified atom stereocenters. The van der Waals surface area contributed by atoms with Gasteiger partial charge in [0.05, 0.1) is 0 Å². The van der Waals surface area contributed by atoms with Crippen LogP contribution < -0.4 is 5.32 Å². The maximum atomic E-state index is 4.24. The highest BCUT2D eigenvalue weighted by Gasteiger charge is 2.17. The fourth-order valence-electron chi connectivity index (χ4n) is 2.33. The van der Waals surface area contributed by atoms with Gasteiger partial charge in [-0.05, 0) is 44.5 Å². The molecule has 3 nitrogen and oxygen atoms in total. The van der Waals surface area contributed by atoms with E-state index >= 15 is 0 Å². The molecule has 1 aliphatic heterocycles. The quantitative estimate of drug-likeness (QED) is 0.836. The zero-order chi connectivity index (χ0) is 11.4. The van der Waals surface area contributed by atoms with Crippen molar-refractivity contribution in [1.29, 1.82) is 0 Å². The Kier molecular flexibility index (Phi) is 3.91. The average Bonchev–Trinajstić information content (AvgIpc) is 2.30. The van der Waals surface area contributed by atoms with Crippen molar-refractivity contribution >= 4 is 0 Å². The number of rotatable bonds is 3. The molecule has 3 heteroatoms. The van der Waals surface area contributed by atoms with Crippen LogP contribution in [-0.2, 0) is 6.54 Å². The Labute approximate surface area is 97.9 Å². The van der Waals surface area contributed by atoms with Crippen LogP contribution in [0.4, 0.5) is 0 Å². The highest BCUT2D eigenvalue weighted by atomic mass is 15.2. The Balaban J connectivity index is 1.93. The summed E-state index contributed by atoms with van der Waals surface area (Å²) >= 11 is 0. The maximum Gasteiger partial charge on any atom is 0.0313 e.